The molecule has 1 aliphatic heterocycles. The van der Waals surface area contributed by atoms with Crippen LogP contribution in [0.2, 0.25) is 0 Å². The van der Waals surface area contributed by atoms with Gasteiger partial charge in [0.2, 0.25) is 0 Å². The van der Waals surface area contributed by atoms with Gasteiger partial charge in [0.1, 0.15) is 0 Å². The van der Waals surface area contributed by atoms with Gasteiger partial charge in [-0.1, -0.05) is 6.07 Å². The number of fused-ring (bicyclic) bond motifs is 1. The molecule has 0 radical (unpaired) electrons. The molecule has 0 saturated carbocycles. The highest BCUT2D eigenvalue weighted by Gasteiger charge is 2.14. The molecule has 3 nitrogen and oxygen atoms in total. The summed E-state index contributed by atoms with van der Waals surface area (Å²) >= 11 is 0. The number of aryl methyl sites for hydroxylation is 1. The van der Waals surface area contributed by atoms with E-state index in [1.807, 2.05) is 19.9 Å². The summed E-state index contributed by atoms with van der Waals surface area (Å²) in [5.41, 5.74) is 6.42. The Labute approximate surface area is 106 Å². The van der Waals surface area contributed by atoms with Crippen molar-refractivity contribution in [1.29, 1.82) is 0 Å². The lowest BCUT2D eigenvalue weighted by Crippen LogP contribution is -2.00. The van der Waals surface area contributed by atoms with Crippen molar-refractivity contribution in [2.75, 3.05) is 0 Å². The van der Waals surface area contributed by atoms with Crippen molar-refractivity contribution in [3.63, 3.8) is 0 Å². The minimum Gasteiger partial charge on any atom is -0.372 e. The van der Waals surface area contributed by atoms with Crippen LogP contribution in [0.1, 0.15) is 32.9 Å². The second-order valence-corrected chi connectivity index (χ2v) is 4.73. The predicted molar refractivity (Wildman–Crippen MR) is 69.1 cm³/mol. The quantitative estimate of drug-likeness (QED) is 0.757. The molecule has 3 rings (SSSR count). The van der Waals surface area contributed by atoms with E-state index in [0.717, 1.165) is 28.9 Å². The summed E-state index contributed by atoms with van der Waals surface area (Å²) in [6.07, 6.45) is 0.912. The molecule has 1 aromatic heterocycles. The number of carbonyl (C=O) groups is 1. The Morgan fingerprint density at radius 3 is 2.67 bits per heavy atom. The largest absolute Gasteiger partial charge is 0.372 e. The number of rotatable bonds is 2. The molecule has 0 spiro atoms. The molecule has 0 aliphatic carbocycles. The third kappa shape index (κ3) is 1.59. The first-order valence-electron chi connectivity index (χ1n) is 6.05. The van der Waals surface area contributed by atoms with E-state index in [-0.39, 0.29) is 0 Å². The molecule has 18 heavy (non-hydrogen) atoms. The maximum absolute atomic E-state index is 11.0. The van der Waals surface area contributed by atoms with E-state index in [0.29, 0.717) is 13.2 Å². The van der Waals surface area contributed by atoms with E-state index in [9.17, 15) is 4.79 Å². The Kier molecular flexibility index (Phi) is 2.56. The summed E-state index contributed by atoms with van der Waals surface area (Å²) in [5.74, 6) is 0. The van der Waals surface area contributed by atoms with Gasteiger partial charge in [0.15, 0.2) is 6.29 Å². The molecule has 2 heterocycles. The fraction of sp³-hybridized carbons (Fsp3) is 0.267. The molecule has 0 N–H and O–H groups in total. The number of aromatic nitrogens is 1. The van der Waals surface area contributed by atoms with Gasteiger partial charge in [-0.05, 0) is 43.2 Å². The summed E-state index contributed by atoms with van der Waals surface area (Å²) in [5, 5.41) is 0. The number of carbonyl (C=O) groups excluding carboxylic acids is 1. The number of aldehydes is 1. The van der Waals surface area contributed by atoms with Crippen LogP contribution in [0.4, 0.5) is 0 Å². The zero-order valence-corrected chi connectivity index (χ0v) is 10.6. The SMILES string of the molecule is Cc1cc(C=O)c(C)n1-c1ccc2c(c1)COC2. The highest BCUT2D eigenvalue weighted by atomic mass is 16.5. The third-order valence-corrected chi connectivity index (χ3v) is 3.56. The van der Waals surface area contributed by atoms with Crippen molar-refractivity contribution in [1.82, 2.24) is 4.57 Å². The number of benzene rings is 1. The van der Waals surface area contributed by atoms with Crippen molar-refractivity contribution >= 4 is 6.29 Å². The Morgan fingerprint density at radius 2 is 1.94 bits per heavy atom. The highest BCUT2D eigenvalue weighted by molar-refractivity contribution is 5.77. The van der Waals surface area contributed by atoms with Crippen molar-refractivity contribution in [2.24, 2.45) is 0 Å². The van der Waals surface area contributed by atoms with Gasteiger partial charge in [0, 0.05) is 22.6 Å². The number of ether oxygens (including phenoxy) is 1. The minimum atomic E-state index is 0.684. The molecule has 0 unspecified atom stereocenters. The van der Waals surface area contributed by atoms with E-state index in [1.165, 1.54) is 11.1 Å². The smallest absolute Gasteiger partial charge is 0.151 e. The maximum atomic E-state index is 11.0. The lowest BCUT2D eigenvalue weighted by molar-refractivity contribution is 0.112. The molecular weight excluding hydrogens is 226 g/mol. The molecule has 92 valence electrons. The lowest BCUT2D eigenvalue weighted by Gasteiger charge is -2.11. The maximum Gasteiger partial charge on any atom is 0.151 e. The first kappa shape index (κ1) is 11.2. The van der Waals surface area contributed by atoms with E-state index in [1.54, 1.807) is 0 Å². The molecule has 0 fully saturated rings. The van der Waals surface area contributed by atoms with Gasteiger partial charge in [0.25, 0.3) is 0 Å². The fourth-order valence-corrected chi connectivity index (χ4v) is 2.60. The Bertz CT molecular complexity index is 626. The fourth-order valence-electron chi connectivity index (χ4n) is 2.60. The van der Waals surface area contributed by atoms with Gasteiger partial charge in [-0.3, -0.25) is 4.79 Å². The van der Waals surface area contributed by atoms with Gasteiger partial charge in [0.05, 0.1) is 13.2 Å². The van der Waals surface area contributed by atoms with Gasteiger partial charge >= 0.3 is 0 Å². The zero-order chi connectivity index (χ0) is 12.7. The van der Waals surface area contributed by atoms with Crippen LogP contribution >= 0.6 is 0 Å². The normalized spacial score (nSPS) is 13.7. The van der Waals surface area contributed by atoms with Crippen LogP contribution < -0.4 is 0 Å². The van der Waals surface area contributed by atoms with Crippen LogP contribution in [0, 0.1) is 13.8 Å². The molecule has 0 atom stereocenters. The summed E-state index contributed by atoms with van der Waals surface area (Å²) in [7, 11) is 0. The zero-order valence-electron chi connectivity index (χ0n) is 10.6. The van der Waals surface area contributed by atoms with E-state index in [4.69, 9.17) is 4.74 Å². The average molecular weight is 241 g/mol. The van der Waals surface area contributed by atoms with Gasteiger partial charge < -0.3 is 9.30 Å². The Balaban J connectivity index is 2.15. The van der Waals surface area contributed by atoms with Gasteiger partial charge in [-0.25, -0.2) is 0 Å². The molecule has 0 bridgehead atoms. The topological polar surface area (TPSA) is 31.2 Å². The molecule has 2 aromatic rings. The van der Waals surface area contributed by atoms with Gasteiger partial charge in [-0.15, -0.1) is 0 Å². The lowest BCUT2D eigenvalue weighted by atomic mass is 10.1. The van der Waals surface area contributed by atoms with Crippen molar-refractivity contribution in [3.8, 4) is 5.69 Å². The molecule has 1 aromatic carbocycles. The van der Waals surface area contributed by atoms with Crippen molar-refractivity contribution < 1.29 is 9.53 Å². The van der Waals surface area contributed by atoms with E-state index < -0.39 is 0 Å². The first-order chi connectivity index (χ1) is 8.70. The van der Waals surface area contributed by atoms with Crippen LogP contribution in [-0.4, -0.2) is 10.9 Å². The van der Waals surface area contributed by atoms with Crippen LogP contribution in [0.5, 0.6) is 0 Å². The summed E-state index contributed by atoms with van der Waals surface area (Å²) in [6, 6.07) is 8.27. The van der Waals surface area contributed by atoms with Gasteiger partial charge in [-0.2, -0.15) is 0 Å². The van der Waals surface area contributed by atoms with E-state index in [2.05, 4.69) is 22.8 Å². The standard InChI is InChI=1S/C15H15NO2/c1-10-5-13(7-17)11(2)16(10)15-4-3-12-8-18-9-14(12)6-15/h3-7H,8-9H2,1-2H3. The monoisotopic (exact) mass is 241 g/mol. The number of hydrogen-bond acceptors (Lipinski definition) is 2. The first-order valence-corrected chi connectivity index (χ1v) is 6.05. The predicted octanol–water partition coefficient (Wildman–Crippen LogP) is 2.94. The molecule has 3 heteroatoms. The average Bonchev–Trinajstić information content (AvgIpc) is 2.93. The number of nitrogens with zero attached hydrogens (tertiary/aromatic N) is 1. The van der Waals surface area contributed by atoms with Crippen LogP contribution in [0.25, 0.3) is 5.69 Å². The molecule has 0 amide bonds. The molecular formula is C15H15NO2. The minimum absolute atomic E-state index is 0.684. The van der Waals surface area contributed by atoms with Crippen molar-refractivity contribution in [2.45, 2.75) is 27.1 Å². The highest BCUT2D eigenvalue weighted by Crippen LogP contribution is 2.25. The second-order valence-electron chi connectivity index (χ2n) is 4.73. The van der Waals surface area contributed by atoms with Crippen LogP contribution in [0.15, 0.2) is 24.3 Å². The number of hydrogen-bond donors (Lipinski definition) is 0. The van der Waals surface area contributed by atoms with Crippen LogP contribution in [-0.2, 0) is 18.0 Å². The molecule has 1 aliphatic rings. The second kappa shape index (κ2) is 4.10. The molecule has 0 saturated heterocycles. The van der Waals surface area contributed by atoms with E-state index >= 15 is 0 Å². The summed E-state index contributed by atoms with van der Waals surface area (Å²) in [4.78, 5) is 11.0. The van der Waals surface area contributed by atoms with Crippen LogP contribution in [0.3, 0.4) is 0 Å². The summed E-state index contributed by atoms with van der Waals surface area (Å²) in [6.45, 7) is 5.38. The van der Waals surface area contributed by atoms with Crippen molar-refractivity contribution in [3.05, 3.63) is 52.3 Å². The Hall–Kier alpha value is -1.87. The summed E-state index contributed by atoms with van der Waals surface area (Å²) < 4.78 is 7.54. The third-order valence-electron chi connectivity index (χ3n) is 3.56. The Morgan fingerprint density at radius 1 is 1.17 bits per heavy atom.